The molecule has 0 amide bonds. The number of aromatic nitrogens is 4. The molecular formula is C19H20N4O. The van der Waals surface area contributed by atoms with Gasteiger partial charge < -0.3 is 4.79 Å². The fourth-order valence-corrected chi connectivity index (χ4v) is 3.46. The largest absolute Gasteiger partial charge is 0.303 e. The van der Waals surface area contributed by atoms with Crippen LogP contribution in [0.3, 0.4) is 0 Å². The summed E-state index contributed by atoms with van der Waals surface area (Å²) in [6.45, 7) is 0.909. The van der Waals surface area contributed by atoms with Crippen molar-refractivity contribution in [2.45, 2.75) is 32.2 Å². The van der Waals surface area contributed by atoms with Crippen LogP contribution >= 0.6 is 0 Å². The predicted octanol–water partition coefficient (Wildman–Crippen LogP) is 3.50. The lowest BCUT2D eigenvalue weighted by atomic mass is 9.83. The molecule has 0 saturated heterocycles. The van der Waals surface area contributed by atoms with E-state index in [0.717, 1.165) is 60.8 Å². The minimum absolute atomic E-state index is 0.266. The first-order valence-electron chi connectivity index (χ1n) is 8.52. The molecule has 2 heterocycles. The normalized spacial score (nSPS) is 21.0. The Balaban J connectivity index is 1.48. The Kier molecular flexibility index (Phi) is 4.07. The maximum absolute atomic E-state index is 10.8. The first kappa shape index (κ1) is 15.0. The van der Waals surface area contributed by atoms with Crippen LogP contribution in [0.1, 0.15) is 25.7 Å². The smallest absolute Gasteiger partial charge is 0.123 e. The number of fused-ring (bicyclic) bond motifs is 1. The van der Waals surface area contributed by atoms with E-state index >= 15 is 0 Å². The number of hydrogen-bond acceptors (Lipinski definition) is 4. The van der Waals surface area contributed by atoms with Crippen molar-refractivity contribution in [1.82, 2.24) is 19.7 Å². The number of para-hydroxylation sites is 2. The summed E-state index contributed by atoms with van der Waals surface area (Å²) < 4.78 is 2.00. The summed E-state index contributed by atoms with van der Waals surface area (Å²) in [6, 6.07) is 7.88. The zero-order valence-corrected chi connectivity index (χ0v) is 13.5. The Labute approximate surface area is 140 Å². The van der Waals surface area contributed by atoms with Gasteiger partial charge in [0.2, 0.25) is 0 Å². The van der Waals surface area contributed by atoms with E-state index in [-0.39, 0.29) is 5.92 Å². The van der Waals surface area contributed by atoms with Crippen molar-refractivity contribution in [3.8, 4) is 11.3 Å². The zero-order chi connectivity index (χ0) is 16.4. The average Bonchev–Trinajstić information content (AvgIpc) is 3.10. The molecule has 5 nitrogen and oxygen atoms in total. The third kappa shape index (κ3) is 3.07. The van der Waals surface area contributed by atoms with Gasteiger partial charge in [-0.1, -0.05) is 12.1 Å². The van der Waals surface area contributed by atoms with Crippen molar-refractivity contribution in [3.05, 3.63) is 42.9 Å². The molecule has 5 heteroatoms. The van der Waals surface area contributed by atoms with E-state index < -0.39 is 0 Å². The van der Waals surface area contributed by atoms with E-state index in [1.807, 2.05) is 41.3 Å². The minimum atomic E-state index is 0.266. The van der Waals surface area contributed by atoms with Crippen LogP contribution < -0.4 is 0 Å². The molecule has 0 radical (unpaired) electrons. The van der Waals surface area contributed by atoms with Crippen molar-refractivity contribution in [3.63, 3.8) is 0 Å². The van der Waals surface area contributed by atoms with Crippen LogP contribution in [-0.4, -0.2) is 26.0 Å². The van der Waals surface area contributed by atoms with E-state index in [1.54, 1.807) is 6.20 Å². The van der Waals surface area contributed by atoms with Crippen LogP contribution in [0.5, 0.6) is 0 Å². The van der Waals surface area contributed by atoms with Gasteiger partial charge in [-0.3, -0.25) is 9.67 Å². The van der Waals surface area contributed by atoms with Gasteiger partial charge >= 0.3 is 0 Å². The summed E-state index contributed by atoms with van der Waals surface area (Å²) in [5.74, 6) is 0.874. The molecule has 0 unspecified atom stereocenters. The Morgan fingerprint density at radius 1 is 1.08 bits per heavy atom. The molecule has 1 aliphatic rings. The van der Waals surface area contributed by atoms with E-state index in [1.165, 1.54) is 0 Å². The highest BCUT2D eigenvalue weighted by Gasteiger charge is 2.21. The summed E-state index contributed by atoms with van der Waals surface area (Å²) in [7, 11) is 0. The van der Waals surface area contributed by atoms with Crippen molar-refractivity contribution in [2.24, 2.45) is 11.8 Å². The van der Waals surface area contributed by atoms with Gasteiger partial charge in [0.25, 0.3) is 0 Å². The predicted molar refractivity (Wildman–Crippen MR) is 92.3 cm³/mol. The summed E-state index contributed by atoms with van der Waals surface area (Å²) in [5, 5.41) is 4.49. The molecule has 2 aromatic heterocycles. The number of hydrogen-bond donors (Lipinski definition) is 0. The molecule has 0 N–H and O–H groups in total. The van der Waals surface area contributed by atoms with Crippen LogP contribution in [0.15, 0.2) is 42.9 Å². The topological polar surface area (TPSA) is 60.7 Å². The number of carbonyl (C=O) groups excluding carboxylic acids is 1. The molecule has 1 fully saturated rings. The van der Waals surface area contributed by atoms with Gasteiger partial charge in [-0.15, -0.1) is 0 Å². The first-order valence-corrected chi connectivity index (χ1v) is 8.52. The molecule has 1 aromatic carbocycles. The fourth-order valence-electron chi connectivity index (χ4n) is 3.46. The quantitative estimate of drug-likeness (QED) is 0.690. The van der Waals surface area contributed by atoms with Gasteiger partial charge in [-0.25, -0.2) is 4.98 Å². The Morgan fingerprint density at radius 3 is 2.67 bits per heavy atom. The van der Waals surface area contributed by atoms with Crippen molar-refractivity contribution < 1.29 is 4.79 Å². The third-order valence-electron chi connectivity index (χ3n) is 4.91. The number of aldehydes is 1. The fraction of sp³-hybridized carbons (Fsp3) is 0.368. The summed E-state index contributed by atoms with van der Waals surface area (Å²) in [6.07, 6.45) is 11.1. The lowest BCUT2D eigenvalue weighted by Gasteiger charge is -2.25. The third-order valence-corrected chi connectivity index (χ3v) is 4.91. The summed E-state index contributed by atoms with van der Waals surface area (Å²) in [4.78, 5) is 20.0. The molecule has 0 atom stereocenters. The number of nitrogens with zero attached hydrogens (tertiary/aromatic N) is 4. The molecule has 122 valence electrons. The van der Waals surface area contributed by atoms with Crippen molar-refractivity contribution in [2.75, 3.05) is 0 Å². The van der Waals surface area contributed by atoms with E-state index in [2.05, 4.69) is 15.1 Å². The van der Waals surface area contributed by atoms with Gasteiger partial charge in [0, 0.05) is 24.2 Å². The number of rotatable bonds is 4. The highest BCUT2D eigenvalue weighted by atomic mass is 16.1. The monoisotopic (exact) mass is 320 g/mol. The van der Waals surface area contributed by atoms with Crippen LogP contribution in [0.4, 0.5) is 0 Å². The van der Waals surface area contributed by atoms with Crippen molar-refractivity contribution in [1.29, 1.82) is 0 Å². The van der Waals surface area contributed by atoms with Crippen LogP contribution in [0, 0.1) is 11.8 Å². The number of carbonyl (C=O) groups is 1. The molecule has 0 bridgehead atoms. The van der Waals surface area contributed by atoms with Gasteiger partial charge in [-0.05, 0) is 43.7 Å². The lowest BCUT2D eigenvalue weighted by Crippen LogP contribution is -2.19. The second-order valence-electron chi connectivity index (χ2n) is 6.61. The Morgan fingerprint density at radius 2 is 1.88 bits per heavy atom. The second kappa shape index (κ2) is 6.51. The maximum Gasteiger partial charge on any atom is 0.123 e. The molecule has 4 rings (SSSR count). The van der Waals surface area contributed by atoms with Crippen LogP contribution in [-0.2, 0) is 11.3 Å². The molecule has 24 heavy (non-hydrogen) atoms. The van der Waals surface area contributed by atoms with E-state index in [0.29, 0.717) is 5.92 Å². The number of benzene rings is 1. The highest BCUT2D eigenvalue weighted by Crippen LogP contribution is 2.29. The molecule has 1 aliphatic carbocycles. The van der Waals surface area contributed by atoms with E-state index in [9.17, 15) is 4.79 Å². The second-order valence-corrected chi connectivity index (χ2v) is 6.61. The molecule has 3 aromatic rings. The molecule has 0 spiro atoms. The van der Waals surface area contributed by atoms with Crippen molar-refractivity contribution >= 4 is 17.3 Å². The molecule has 1 saturated carbocycles. The van der Waals surface area contributed by atoms with Crippen LogP contribution in [0.25, 0.3) is 22.3 Å². The summed E-state index contributed by atoms with van der Waals surface area (Å²) in [5.41, 5.74) is 3.65. The Bertz CT molecular complexity index is 849. The highest BCUT2D eigenvalue weighted by molar-refractivity contribution is 5.76. The Hall–Kier alpha value is -2.56. The van der Waals surface area contributed by atoms with Gasteiger partial charge in [0.15, 0.2) is 0 Å². The maximum atomic E-state index is 10.8. The van der Waals surface area contributed by atoms with E-state index in [4.69, 9.17) is 0 Å². The van der Waals surface area contributed by atoms with Crippen LogP contribution in [0.2, 0.25) is 0 Å². The summed E-state index contributed by atoms with van der Waals surface area (Å²) >= 11 is 0. The first-order chi connectivity index (χ1) is 11.8. The standard InChI is InChI=1S/C19H20N4O/c24-13-15-7-5-14(6-8-15)11-23-12-16(9-21-23)19-10-20-17-3-1-2-4-18(17)22-19/h1-4,9-10,12-15H,5-8,11H2. The minimum Gasteiger partial charge on any atom is -0.303 e. The SMILES string of the molecule is O=CC1CCC(Cn2cc(-c3cnc4ccccc4n3)cn2)CC1. The van der Waals surface area contributed by atoms with Gasteiger partial charge in [0.05, 0.1) is 29.1 Å². The molecular weight excluding hydrogens is 300 g/mol. The van der Waals surface area contributed by atoms with Gasteiger partial charge in [-0.2, -0.15) is 5.10 Å². The molecule has 0 aliphatic heterocycles. The average molecular weight is 320 g/mol. The lowest BCUT2D eigenvalue weighted by molar-refractivity contribution is -0.112. The zero-order valence-electron chi connectivity index (χ0n) is 13.5. The van der Waals surface area contributed by atoms with Gasteiger partial charge in [0.1, 0.15) is 6.29 Å².